The maximum atomic E-state index is 13.7. The number of hydrogen-bond acceptors (Lipinski definition) is 7. The Kier molecular flexibility index (Phi) is 8.49. The van der Waals surface area contributed by atoms with Crippen LogP contribution in [0.1, 0.15) is 25.5 Å². The lowest BCUT2D eigenvalue weighted by Crippen LogP contribution is -2.47. The van der Waals surface area contributed by atoms with E-state index in [9.17, 15) is 16.8 Å². The van der Waals surface area contributed by atoms with Crippen molar-refractivity contribution in [3.63, 3.8) is 0 Å². The third-order valence-electron chi connectivity index (χ3n) is 6.59. The quantitative estimate of drug-likeness (QED) is 0.390. The van der Waals surface area contributed by atoms with Crippen molar-refractivity contribution in [2.24, 2.45) is 0 Å². The number of benzene rings is 3. The average Bonchev–Trinajstić information content (AvgIpc) is 2.93. The van der Waals surface area contributed by atoms with Crippen molar-refractivity contribution in [2.75, 3.05) is 53.6 Å². The summed E-state index contributed by atoms with van der Waals surface area (Å²) in [5, 5.41) is 0. The van der Waals surface area contributed by atoms with Gasteiger partial charge in [0.2, 0.25) is 20.0 Å². The first-order valence-corrected chi connectivity index (χ1v) is 15.6. The van der Waals surface area contributed by atoms with Gasteiger partial charge in [-0.3, -0.25) is 4.72 Å². The number of anilines is 3. The first-order valence-electron chi connectivity index (χ1n) is 12.5. The van der Waals surface area contributed by atoms with Gasteiger partial charge in [-0.1, -0.05) is 30.3 Å². The molecule has 0 aromatic heterocycles. The second-order valence-electron chi connectivity index (χ2n) is 9.11. The van der Waals surface area contributed by atoms with Crippen molar-refractivity contribution >= 4 is 37.1 Å². The molecule has 3 aromatic rings. The molecule has 204 valence electrons. The number of hydrogen-bond donors (Lipinski definition) is 2. The summed E-state index contributed by atoms with van der Waals surface area (Å²) in [5.74, 6) is 0.672. The summed E-state index contributed by atoms with van der Waals surface area (Å²) in [6, 6.07) is 21.4. The predicted octanol–water partition coefficient (Wildman–Crippen LogP) is 3.82. The monoisotopic (exact) mass is 558 g/mol. The van der Waals surface area contributed by atoms with Crippen molar-refractivity contribution in [2.45, 2.75) is 24.8 Å². The highest BCUT2D eigenvalue weighted by Crippen LogP contribution is 2.32. The first-order chi connectivity index (χ1) is 18.1. The summed E-state index contributed by atoms with van der Waals surface area (Å²) in [6.07, 6.45) is 0. The van der Waals surface area contributed by atoms with Crippen LogP contribution >= 0.6 is 0 Å². The van der Waals surface area contributed by atoms with Gasteiger partial charge in [0, 0.05) is 43.6 Å². The van der Waals surface area contributed by atoms with Crippen LogP contribution in [0.3, 0.4) is 0 Å². The minimum Gasteiger partial charge on any atom is -0.497 e. The summed E-state index contributed by atoms with van der Waals surface area (Å²) >= 11 is 0. The molecule has 1 saturated heterocycles. The highest BCUT2D eigenvalue weighted by molar-refractivity contribution is 7.92. The van der Waals surface area contributed by atoms with E-state index in [-0.39, 0.29) is 16.3 Å². The zero-order chi connectivity index (χ0) is 27.3. The molecule has 0 aliphatic carbocycles. The number of sulfonamides is 2. The van der Waals surface area contributed by atoms with Crippen molar-refractivity contribution < 1.29 is 21.6 Å². The first kappa shape index (κ1) is 27.7. The van der Waals surface area contributed by atoms with Crippen molar-refractivity contribution in [3.8, 4) is 5.75 Å². The van der Waals surface area contributed by atoms with E-state index in [0.29, 0.717) is 31.9 Å². The number of piperazine rings is 1. The standard InChI is InChI=1S/C27H34N4O5S2/c1-4-37(32,33)29-23-10-15-26(27(20-23)38(34,35)28-21(2)22-8-6-5-7-9-22)31-18-16-30(17-19-31)24-11-13-25(36-3)14-12-24/h5-15,20-21,28-29H,4,16-19H2,1-3H3/t21-/m0/s1. The van der Waals surface area contributed by atoms with Gasteiger partial charge in [0.25, 0.3) is 0 Å². The Morgan fingerprint density at radius 2 is 1.50 bits per heavy atom. The van der Waals surface area contributed by atoms with Crippen LogP contribution in [0.25, 0.3) is 0 Å². The van der Waals surface area contributed by atoms with Gasteiger partial charge in [-0.15, -0.1) is 0 Å². The van der Waals surface area contributed by atoms with Crippen LogP contribution in [-0.2, 0) is 20.0 Å². The van der Waals surface area contributed by atoms with Crippen LogP contribution in [0.5, 0.6) is 5.75 Å². The normalized spacial score (nSPS) is 15.2. The lowest BCUT2D eigenvalue weighted by atomic mass is 10.1. The molecule has 1 aliphatic heterocycles. The molecule has 0 amide bonds. The summed E-state index contributed by atoms with van der Waals surface area (Å²) in [5.41, 5.74) is 2.64. The molecule has 11 heteroatoms. The number of nitrogens with one attached hydrogen (secondary N) is 2. The van der Waals surface area contributed by atoms with Gasteiger partial charge in [-0.05, 0) is 61.9 Å². The summed E-state index contributed by atoms with van der Waals surface area (Å²) < 4.78 is 62.2. The largest absolute Gasteiger partial charge is 0.497 e. The fraction of sp³-hybridized carbons (Fsp3) is 0.333. The SMILES string of the molecule is CCS(=O)(=O)Nc1ccc(N2CCN(c3ccc(OC)cc3)CC2)c(S(=O)(=O)N[C@@H](C)c2ccccc2)c1. The number of ether oxygens (including phenoxy) is 1. The van der Waals surface area contributed by atoms with Gasteiger partial charge >= 0.3 is 0 Å². The molecule has 0 saturated carbocycles. The lowest BCUT2D eigenvalue weighted by molar-refractivity contribution is 0.415. The molecule has 0 spiro atoms. The number of methoxy groups -OCH3 is 1. The van der Waals surface area contributed by atoms with Crippen LogP contribution in [0.15, 0.2) is 77.7 Å². The fourth-order valence-electron chi connectivity index (χ4n) is 4.41. The third kappa shape index (κ3) is 6.58. The van der Waals surface area contributed by atoms with E-state index in [1.807, 2.05) is 59.5 Å². The Morgan fingerprint density at radius 1 is 0.868 bits per heavy atom. The summed E-state index contributed by atoms with van der Waals surface area (Å²) in [4.78, 5) is 4.30. The highest BCUT2D eigenvalue weighted by atomic mass is 32.2. The van der Waals surface area contributed by atoms with Crippen LogP contribution in [-0.4, -0.2) is 55.9 Å². The molecule has 0 bridgehead atoms. The minimum absolute atomic E-state index is 0.0366. The van der Waals surface area contributed by atoms with E-state index >= 15 is 0 Å². The molecule has 1 fully saturated rings. The van der Waals surface area contributed by atoms with E-state index < -0.39 is 26.1 Å². The topological polar surface area (TPSA) is 108 Å². The van der Waals surface area contributed by atoms with Gasteiger partial charge in [0.1, 0.15) is 10.6 Å². The number of rotatable bonds is 10. The summed E-state index contributed by atoms with van der Waals surface area (Å²) in [6.45, 7) is 5.91. The maximum Gasteiger partial charge on any atom is 0.243 e. The van der Waals surface area contributed by atoms with Crippen LogP contribution in [0, 0.1) is 0 Å². The van der Waals surface area contributed by atoms with E-state index in [2.05, 4.69) is 14.3 Å². The molecule has 2 N–H and O–H groups in total. The van der Waals surface area contributed by atoms with E-state index in [0.717, 1.165) is 17.0 Å². The van der Waals surface area contributed by atoms with Gasteiger partial charge in [0.15, 0.2) is 0 Å². The van der Waals surface area contributed by atoms with Gasteiger partial charge in [-0.2, -0.15) is 0 Å². The smallest absolute Gasteiger partial charge is 0.243 e. The lowest BCUT2D eigenvalue weighted by Gasteiger charge is -2.38. The Balaban J connectivity index is 1.61. The predicted molar refractivity (Wildman–Crippen MR) is 152 cm³/mol. The van der Waals surface area contributed by atoms with Crippen molar-refractivity contribution in [1.82, 2.24) is 4.72 Å². The molecule has 1 atom stereocenters. The molecule has 38 heavy (non-hydrogen) atoms. The Bertz CT molecular complexity index is 1440. The molecule has 0 unspecified atom stereocenters. The highest BCUT2D eigenvalue weighted by Gasteiger charge is 2.27. The molecule has 9 nitrogen and oxygen atoms in total. The van der Waals surface area contributed by atoms with Crippen molar-refractivity contribution in [3.05, 3.63) is 78.4 Å². The van der Waals surface area contributed by atoms with E-state index in [1.54, 1.807) is 26.2 Å². The maximum absolute atomic E-state index is 13.7. The second-order valence-corrected chi connectivity index (χ2v) is 12.8. The minimum atomic E-state index is -4.00. The molecule has 4 rings (SSSR count). The second kappa shape index (κ2) is 11.6. The van der Waals surface area contributed by atoms with Gasteiger partial charge < -0.3 is 14.5 Å². The van der Waals surface area contributed by atoms with Crippen LogP contribution in [0.2, 0.25) is 0 Å². The molecule has 3 aromatic carbocycles. The van der Waals surface area contributed by atoms with Gasteiger partial charge in [0.05, 0.1) is 18.6 Å². The third-order valence-corrected chi connectivity index (χ3v) is 9.47. The Morgan fingerprint density at radius 3 is 2.11 bits per heavy atom. The molecule has 0 radical (unpaired) electrons. The van der Waals surface area contributed by atoms with E-state index in [4.69, 9.17) is 4.74 Å². The van der Waals surface area contributed by atoms with E-state index in [1.165, 1.54) is 13.0 Å². The molecular formula is C27H34N4O5S2. The Labute approximate surface area is 225 Å². The summed E-state index contributed by atoms with van der Waals surface area (Å²) in [7, 11) is -5.94. The van der Waals surface area contributed by atoms with Crippen LogP contribution < -0.4 is 24.0 Å². The number of nitrogens with zero attached hydrogens (tertiary/aromatic N) is 2. The van der Waals surface area contributed by atoms with Gasteiger partial charge in [-0.25, -0.2) is 21.6 Å². The Hall–Kier alpha value is -3.28. The van der Waals surface area contributed by atoms with Crippen LogP contribution in [0.4, 0.5) is 17.1 Å². The van der Waals surface area contributed by atoms with Crippen molar-refractivity contribution in [1.29, 1.82) is 0 Å². The average molecular weight is 559 g/mol. The fourth-order valence-corrected chi connectivity index (χ4v) is 6.52. The zero-order valence-electron chi connectivity index (χ0n) is 21.8. The zero-order valence-corrected chi connectivity index (χ0v) is 23.4. The molecular weight excluding hydrogens is 524 g/mol. The molecule has 1 aliphatic rings. The molecule has 1 heterocycles.